The standard InChI is InChI=1S/C8H16O4S/c1-8(2,7(10)11)13-5-6(9)4-12-3/h6,9H,4-5H2,1-3H3,(H,10,11). The Labute approximate surface area is 82.3 Å². The summed E-state index contributed by atoms with van der Waals surface area (Å²) >= 11 is 1.21. The third kappa shape index (κ3) is 5.13. The van der Waals surface area contributed by atoms with E-state index in [4.69, 9.17) is 9.84 Å². The summed E-state index contributed by atoms with van der Waals surface area (Å²) in [4.78, 5) is 10.7. The molecule has 0 radical (unpaired) electrons. The van der Waals surface area contributed by atoms with E-state index in [2.05, 4.69) is 0 Å². The number of methoxy groups -OCH3 is 1. The van der Waals surface area contributed by atoms with Gasteiger partial charge in [0, 0.05) is 12.9 Å². The van der Waals surface area contributed by atoms with Crippen LogP contribution in [0.4, 0.5) is 0 Å². The summed E-state index contributed by atoms with van der Waals surface area (Å²) in [7, 11) is 1.50. The van der Waals surface area contributed by atoms with E-state index in [0.29, 0.717) is 5.75 Å². The molecule has 0 aliphatic carbocycles. The molecule has 4 nitrogen and oxygen atoms in total. The van der Waals surface area contributed by atoms with Gasteiger partial charge in [-0.25, -0.2) is 0 Å². The molecule has 78 valence electrons. The first kappa shape index (κ1) is 12.7. The average Bonchev–Trinajstić information content (AvgIpc) is 2.01. The van der Waals surface area contributed by atoms with Gasteiger partial charge in [-0.2, -0.15) is 0 Å². The fourth-order valence-corrected chi connectivity index (χ4v) is 1.44. The lowest BCUT2D eigenvalue weighted by molar-refractivity contribution is -0.138. The van der Waals surface area contributed by atoms with E-state index >= 15 is 0 Å². The fourth-order valence-electron chi connectivity index (χ4n) is 0.607. The average molecular weight is 208 g/mol. The maximum absolute atomic E-state index is 10.7. The van der Waals surface area contributed by atoms with E-state index < -0.39 is 16.8 Å². The highest BCUT2D eigenvalue weighted by Gasteiger charge is 2.28. The zero-order valence-corrected chi connectivity index (χ0v) is 8.93. The van der Waals surface area contributed by atoms with Crippen LogP contribution in [0.2, 0.25) is 0 Å². The molecule has 0 fully saturated rings. The molecular weight excluding hydrogens is 192 g/mol. The van der Waals surface area contributed by atoms with Crippen molar-refractivity contribution in [3.8, 4) is 0 Å². The first-order chi connectivity index (χ1) is 5.90. The Hall–Kier alpha value is -0.260. The second-order valence-corrected chi connectivity index (χ2v) is 4.88. The molecule has 1 atom stereocenters. The Morgan fingerprint density at radius 2 is 2.15 bits per heavy atom. The number of aliphatic hydroxyl groups is 1. The molecule has 0 saturated heterocycles. The second-order valence-electron chi connectivity index (χ2n) is 3.24. The van der Waals surface area contributed by atoms with Gasteiger partial charge in [0.25, 0.3) is 0 Å². The predicted octanol–water partition coefficient (Wildman–Crippen LogP) is 0.590. The van der Waals surface area contributed by atoms with Crippen LogP contribution in [-0.2, 0) is 9.53 Å². The maximum Gasteiger partial charge on any atom is 0.319 e. The van der Waals surface area contributed by atoms with E-state index in [9.17, 15) is 9.90 Å². The minimum Gasteiger partial charge on any atom is -0.480 e. The lowest BCUT2D eigenvalue weighted by Crippen LogP contribution is -2.30. The van der Waals surface area contributed by atoms with Crippen molar-refractivity contribution in [2.75, 3.05) is 19.5 Å². The van der Waals surface area contributed by atoms with Crippen molar-refractivity contribution in [2.45, 2.75) is 24.7 Å². The van der Waals surface area contributed by atoms with Crippen LogP contribution in [0.5, 0.6) is 0 Å². The summed E-state index contributed by atoms with van der Waals surface area (Å²) in [6.45, 7) is 3.46. The zero-order chi connectivity index (χ0) is 10.5. The van der Waals surface area contributed by atoms with Crippen molar-refractivity contribution in [1.29, 1.82) is 0 Å². The van der Waals surface area contributed by atoms with Crippen LogP contribution in [-0.4, -0.2) is 46.5 Å². The van der Waals surface area contributed by atoms with Crippen LogP contribution in [0.3, 0.4) is 0 Å². The minimum absolute atomic E-state index is 0.239. The molecule has 0 aromatic rings. The molecule has 0 aromatic heterocycles. The van der Waals surface area contributed by atoms with Gasteiger partial charge in [-0.15, -0.1) is 11.8 Å². The van der Waals surface area contributed by atoms with Crippen LogP contribution >= 0.6 is 11.8 Å². The molecule has 0 aromatic carbocycles. The van der Waals surface area contributed by atoms with Gasteiger partial charge in [0.15, 0.2) is 0 Å². The molecule has 0 aliphatic rings. The van der Waals surface area contributed by atoms with Gasteiger partial charge in [0.05, 0.1) is 12.7 Å². The normalized spacial score (nSPS) is 14.2. The SMILES string of the molecule is COCC(O)CSC(C)(C)C(=O)O. The molecule has 1 unspecified atom stereocenters. The van der Waals surface area contributed by atoms with E-state index in [0.717, 1.165) is 0 Å². The number of carboxylic acid groups (broad SMARTS) is 1. The molecule has 13 heavy (non-hydrogen) atoms. The van der Waals surface area contributed by atoms with Crippen molar-refractivity contribution in [1.82, 2.24) is 0 Å². The molecule has 0 aliphatic heterocycles. The number of carboxylic acids is 1. The van der Waals surface area contributed by atoms with Crippen LogP contribution in [0.25, 0.3) is 0 Å². The van der Waals surface area contributed by atoms with Crippen LogP contribution in [0, 0.1) is 0 Å². The quantitative estimate of drug-likeness (QED) is 0.668. The van der Waals surface area contributed by atoms with E-state index in [-0.39, 0.29) is 6.61 Å². The number of ether oxygens (including phenoxy) is 1. The molecule has 2 N–H and O–H groups in total. The zero-order valence-electron chi connectivity index (χ0n) is 8.11. The van der Waals surface area contributed by atoms with Crippen molar-refractivity contribution in [2.24, 2.45) is 0 Å². The molecule has 0 spiro atoms. The third-order valence-electron chi connectivity index (χ3n) is 1.51. The second kappa shape index (κ2) is 5.47. The third-order valence-corrected chi connectivity index (χ3v) is 2.96. The van der Waals surface area contributed by atoms with Crippen molar-refractivity contribution >= 4 is 17.7 Å². The number of thioether (sulfide) groups is 1. The van der Waals surface area contributed by atoms with Gasteiger partial charge in [-0.3, -0.25) is 4.79 Å². The van der Waals surface area contributed by atoms with E-state index in [1.54, 1.807) is 13.8 Å². The number of hydrogen-bond donors (Lipinski definition) is 2. The summed E-state index contributed by atoms with van der Waals surface area (Å²) in [6, 6.07) is 0. The van der Waals surface area contributed by atoms with E-state index in [1.165, 1.54) is 18.9 Å². The monoisotopic (exact) mass is 208 g/mol. The Balaban J connectivity index is 3.80. The van der Waals surface area contributed by atoms with Gasteiger partial charge in [-0.1, -0.05) is 0 Å². The molecule has 0 amide bonds. The first-order valence-corrected chi connectivity index (χ1v) is 4.93. The largest absolute Gasteiger partial charge is 0.480 e. The molecule has 0 saturated carbocycles. The fraction of sp³-hybridized carbons (Fsp3) is 0.875. The Morgan fingerprint density at radius 3 is 2.54 bits per heavy atom. The number of aliphatic carboxylic acids is 1. The predicted molar refractivity (Wildman–Crippen MR) is 52.1 cm³/mol. The van der Waals surface area contributed by atoms with Crippen molar-refractivity contribution in [3.63, 3.8) is 0 Å². The van der Waals surface area contributed by atoms with Gasteiger partial charge in [0.2, 0.25) is 0 Å². The van der Waals surface area contributed by atoms with Crippen molar-refractivity contribution in [3.05, 3.63) is 0 Å². The summed E-state index contributed by atoms with van der Waals surface area (Å²) in [5.41, 5.74) is 0. The number of aliphatic hydroxyl groups excluding tert-OH is 1. The highest BCUT2D eigenvalue weighted by molar-refractivity contribution is 8.01. The number of hydrogen-bond acceptors (Lipinski definition) is 4. The lowest BCUT2D eigenvalue weighted by Gasteiger charge is -2.20. The van der Waals surface area contributed by atoms with Gasteiger partial charge >= 0.3 is 5.97 Å². The Morgan fingerprint density at radius 1 is 1.62 bits per heavy atom. The van der Waals surface area contributed by atoms with Gasteiger partial charge in [-0.05, 0) is 13.8 Å². The van der Waals surface area contributed by atoms with Crippen molar-refractivity contribution < 1.29 is 19.7 Å². The van der Waals surface area contributed by atoms with E-state index in [1.807, 2.05) is 0 Å². The molecular formula is C8H16O4S. The smallest absolute Gasteiger partial charge is 0.319 e. The Kier molecular flexibility index (Phi) is 5.36. The molecule has 0 heterocycles. The van der Waals surface area contributed by atoms with Gasteiger partial charge < -0.3 is 14.9 Å². The highest BCUT2D eigenvalue weighted by atomic mass is 32.2. The molecule has 5 heteroatoms. The Bertz CT molecular complexity index is 170. The summed E-state index contributed by atoms with van der Waals surface area (Å²) in [5, 5.41) is 18.0. The van der Waals surface area contributed by atoms with Gasteiger partial charge in [0.1, 0.15) is 4.75 Å². The summed E-state index contributed by atoms with van der Waals surface area (Å²) < 4.78 is 3.87. The highest BCUT2D eigenvalue weighted by Crippen LogP contribution is 2.25. The topological polar surface area (TPSA) is 66.8 Å². The van der Waals surface area contributed by atoms with Crippen LogP contribution in [0.1, 0.15) is 13.8 Å². The molecule has 0 rings (SSSR count). The number of rotatable bonds is 6. The number of carbonyl (C=O) groups is 1. The van der Waals surface area contributed by atoms with Crippen LogP contribution < -0.4 is 0 Å². The summed E-state index contributed by atoms with van der Waals surface area (Å²) in [5.74, 6) is -0.505. The molecule has 0 bridgehead atoms. The summed E-state index contributed by atoms with van der Waals surface area (Å²) in [6.07, 6.45) is -0.603. The maximum atomic E-state index is 10.7. The minimum atomic E-state index is -0.873. The first-order valence-electron chi connectivity index (χ1n) is 3.94. The lowest BCUT2D eigenvalue weighted by atomic mass is 10.2. The van der Waals surface area contributed by atoms with Crippen LogP contribution in [0.15, 0.2) is 0 Å².